The molecule has 172 valence electrons. The van der Waals surface area contributed by atoms with E-state index in [2.05, 4.69) is 4.74 Å². The van der Waals surface area contributed by atoms with Crippen LogP contribution in [0.5, 0.6) is 11.5 Å². The summed E-state index contributed by atoms with van der Waals surface area (Å²) in [6.45, 7) is 0. The summed E-state index contributed by atoms with van der Waals surface area (Å²) in [5, 5.41) is 0. The van der Waals surface area contributed by atoms with Gasteiger partial charge in [-0.2, -0.15) is 13.2 Å². The monoisotopic (exact) mass is 455 g/mol. The Bertz CT molecular complexity index is 855. The molecule has 12 heteroatoms. The molecular formula is C19H19F6NO5. The van der Waals surface area contributed by atoms with Crippen molar-refractivity contribution in [2.75, 3.05) is 14.2 Å². The highest BCUT2D eigenvalue weighted by Gasteiger charge is 2.54. The number of likely N-dealkylation sites (tertiary alicyclic amines) is 1. The van der Waals surface area contributed by atoms with Gasteiger partial charge in [0.25, 0.3) is 0 Å². The Morgan fingerprint density at radius 1 is 1.13 bits per heavy atom. The fraction of sp³-hybridized carbons (Fsp3) is 0.579. The summed E-state index contributed by atoms with van der Waals surface area (Å²) in [6.07, 6.45) is -11.2. The number of ether oxygens (including phenoxy) is 3. The molecule has 4 atom stereocenters. The van der Waals surface area contributed by atoms with Crippen LogP contribution in [0.25, 0.3) is 0 Å². The number of ketones is 1. The van der Waals surface area contributed by atoms with Crippen LogP contribution in [0.1, 0.15) is 30.9 Å². The summed E-state index contributed by atoms with van der Waals surface area (Å²) in [4.78, 5) is 25.0. The highest BCUT2D eigenvalue weighted by molar-refractivity contribution is 5.80. The van der Waals surface area contributed by atoms with Crippen LogP contribution >= 0.6 is 0 Å². The number of hydrogen-bond donors (Lipinski definition) is 0. The van der Waals surface area contributed by atoms with Gasteiger partial charge in [-0.25, -0.2) is 4.79 Å². The summed E-state index contributed by atoms with van der Waals surface area (Å²) in [5.74, 6) is -4.00. The molecule has 4 unspecified atom stereocenters. The molecule has 0 aromatic heterocycles. The van der Waals surface area contributed by atoms with Gasteiger partial charge in [0, 0.05) is 24.8 Å². The number of benzene rings is 1. The molecule has 3 rings (SSSR count). The van der Waals surface area contributed by atoms with E-state index in [1.165, 1.54) is 19.2 Å². The van der Waals surface area contributed by atoms with Crippen molar-refractivity contribution in [3.8, 4) is 11.5 Å². The molecule has 1 heterocycles. The van der Waals surface area contributed by atoms with E-state index in [0.717, 1.165) is 13.2 Å². The van der Waals surface area contributed by atoms with Crippen molar-refractivity contribution in [1.29, 1.82) is 0 Å². The smallest absolute Gasteiger partial charge is 0.493 e. The molecule has 31 heavy (non-hydrogen) atoms. The number of Topliss-reactive ketones (excluding diaryl/α,β-unsaturated/α-hetero) is 1. The van der Waals surface area contributed by atoms with Crippen molar-refractivity contribution in [2.24, 2.45) is 5.92 Å². The number of halogens is 6. The molecule has 0 N–H and O–H groups in total. The van der Waals surface area contributed by atoms with Gasteiger partial charge in [0.15, 0.2) is 11.5 Å². The summed E-state index contributed by atoms with van der Waals surface area (Å²) >= 11 is 0. The number of rotatable bonds is 4. The predicted octanol–water partition coefficient (Wildman–Crippen LogP) is 3.79. The number of likely N-dealkylation sites (N-methyl/N-ethyl adjacent to an activating group) is 1. The molecule has 6 nitrogen and oxygen atoms in total. The quantitative estimate of drug-likeness (QED) is 0.509. The minimum Gasteiger partial charge on any atom is -0.493 e. The Kier molecular flexibility index (Phi) is 6.14. The molecule has 0 radical (unpaired) electrons. The van der Waals surface area contributed by atoms with Crippen molar-refractivity contribution < 1.29 is 50.1 Å². The molecule has 0 amide bonds. The van der Waals surface area contributed by atoms with Crippen molar-refractivity contribution >= 4 is 11.8 Å². The zero-order valence-electron chi connectivity index (χ0n) is 16.4. The number of hydrogen-bond acceptors (Lipinski definition) is 6. The fourth-order valence-electron chi connectivity index (χ4n) is 4.36. The number of methoxy groups -OCH3 is 1. The van der Waals surface area contributed by atoms with Crippen molar-refractivity contribution in [3.63, 3.8) is 0 Å². The molecule has 1 aromatic rings. The second-order valence-corrected chi connectivity index (χ2v) is 7.45. The fourth-order valence-corrected chi connectivity index (χ4v) is 4.36. The van der Waals surface area contributed by atoms with Gasteiger partial charge in [-0.05, 0) is 31.2 Å². The Hall–Kier alpha value is -2.50. The average molecular weight is 455 g/mol. The number of carbonyl (C=O) groups excluding carboxylic acids is 2. The molecule has 2 aliphatic rings. The SMILES string of the molecule is COc1ccc(C2C(OC(=O)C(F)(F)F)C3CCC(=O)CC3N2C)cc1OC(F)(F)F. The van der Waals surface area contributed by atoms with E-state index in [1.54, 1.807) is 4.90 Å². The van der Waals surface area contributed by atoms with Crippen molar-refractivity contribution in [1.82, 2.24) is 4.90 Å². The largest absolute Gasteiger partial charge is 0.573 e. The van der Waals surface area contributed by atoms with Crippen molar-refractivity contribution in [2.45, 2.75) is 50.0 Å². The van der Waals surface area contributed by atoms with E-state index in [1.807, 2.05) is 0 Å². The molecule has 1 aliphatic heterocycles. The lowest BCUT2D eigenvalue weighted by atomic mass is 9.82. The van der Waals surface area contributed by atoms with E-state index in [0.29, 0.717) is 0 Å². The van der Waals surface area contributed by atoms with Crippen LogP contribution in [0.4, 0.5) is 26.3 Å². The number of alkyl halides is 6. The van der Waals surface area contributed by atoms with Crippen LogP contribution in [0.3, 0.4) is 0 Å². The second kappa shape index (κ2) is 8.21. The first-order valence-corrected chi connectivity index (χ1v) is 9.27. The van der Waals surface area contributed by atoms with Crippen LogP contribution < -0.4 is 9.47 Å². The first-order chi connectivity index (χ1) is 14.3. The van der Waals surface area contributed by atoms with Gasteiger partial charge in [-0.3, -0.25) is 9.69 Å². The van der Waals surface area contributed by atoms with E-state index >= 15 is 0 Å². The van der Waals surface area contributed by atoms with E-state index in [9.17, 15) is 35.9 Å². The topological polar surface area (TPSA) is 65.1 Å². The average Bonchev–Trinajstić information content (AvgIpc) is 2.91. The molecule has 1 saturated heterocycles. The van der Waals surface area contributed by atoms with Gasteiger partial charge >= 0.3 is 18.5 Å². The summed E-state index contributed by atoms with van der Waals surface area (Å²) in [5.41, 5.74) is 0.129. The third kappa shape index (κ3) is 4.89. The van der Waals surface area contributed by atoms with Gasteiger partial charge in [0.1, 0.15) is 11.9 Å². The first kappa shape index (κ1) is 23.2. The Labute approximate surface area is 173 Å². The number of fused-ring (bicyclic) bond motifs is 1. The zero-order valence-corrected chi connectivity index (χ0v) is 16.4. The molecule has 2 fully saturated rings. The predicted molar refractivity (Wildman–Crippen MR) is 92.3 cm³/mol. The summed E-state index contributed by atoms with van der Waals surface area (Å²) in [6, 6.07) is 1.98. The summed E-state index contributed by atoms with van der Waals surface area (Å²) < 4.78 is 90.6. The molecule has 0 spiro atoms. The van der Waals surface area contributed by atoms with Gasteiger partial charge in [0.05, 0.1) is 13.2 Å². The van der Waals surface area contributed by atoms with Crippen LogP contribution in [0.2, 0.25) is 0 Å². The first-order valence-electron chi connectivity index (χ1n) is 9.27. The van der Waals surface area contributed by atoms with E-state index in [4.69, 9.17) is 9.47 Å². The molecular weight excluding hydrogens is 436 g/mol. The third-order valence-electron chi connectivity index (χ3n) is 5.61. The Morgan fingerprint density at radius 3 is 2.39 bits per heavy atom. The van der Waals surface area contributed by atoms with Crippen LogP contribution in [-0.2, 0) is 14.3 Å². The van der Waals surface area contributed by atoms with Gasteiger partial charge in [-0.15, -0.1) is 13.2 Å². The van der Waals surface area contributed by atoms with Gasteiger partial charge in [-0.1, -0.05) is 6.07 Å². The maximum Gasteiger partial charge on any atom is 0.573 e. The minimum absolute atomic E-state index is 0.0415. The van der Waals surface area contributed by atoms with Gasteiger partial charge < -0.3 is 14.2 Å². The lowest BCUT2D eigenvalue weighted by Gasteiger charge is -2.29. The number of carbonyl (C=O) groups is 2. The van der Waals surface area contributed by atoms with E-state index < -0.39 is 48.4 Å². The Balaban J connectivity index is 2.02. The molecule has 1 aliphatic carbocycles. The third-order valence-corrected chi connectivity index (χ3v) is 5.61. The normalized spacial score (nSPS) is 27.0. The van der Waals surface area contributed by atoms with Crippen LogP contribution in [0.15, 0.2) is 18.2 Å². The molecule has 1 aromatic carbocycles. The van der Waals surface area contributed by atoms with Crippen LogP contribution in [0, 0.1) is 5.92 Å². The molecule has 0 bridgehead atoms. The number of nitrogens with zero attached hydrogens (tertiary/aromatic N) is 1. The van der Waals surface area contributed by atoms with Crippen LogP contribution in [-0.4, -0.2) is 55.5 Å². The summed E-state index contributed by atoms with van der Waals surface area (Å²) in [7, 11) is 2.66. The lowest BCUT2D eigenvalue weighted by Crippen LogP contribution is -2.38. The standard InChI is InChI=1S/C19H19F6NO5/c1-26-12-8-10(27)4-5-11(12)16(30-17(28)18(20,21)22)15(26)9-3-6-13(29-2)14(7-9)31-19(23,24)25/h3,6-7,11-12,15-16H,4-5,8H2,1-2H3. The van der Waals surface area contributed by atoms with Gasteiger partial charge in [0.2, 0.25) is 0 Å². The Morgan fingerprint density at radius 2 is 1.81 bits per heavy atom. The van der Waals surface area contributed by atoms with E-state index in [-0.39, 0.29) is 36.4 Å². The highest BCUT2D eigenvalue weighted by Crippen LogP contribution is 2.48. The lowest BCUT2D eigenvalue weighted by molar-refractivity contribution is -0.275. The maximum absolute atomic E-state index is 12.9. The molecule has 1 saturated carbocycles. The highest BCUT2D eigenvalue weighted by atomic mass is 19.4. The second-order valence-electron chi connectivity index (χ2n) is 7.45. The van der Waals surface area contributed by atoms with Crippen molar-refractivity contribution in [3.05, 3.63) is 23.8 Å². The zero-order chi connectivity index (χ0) is 23.1. The minimum atomic E-state index is -5.24. The number of esters is 1. The maximum atomic E-state index is 12.9.